The minimum Gasteiger partial charge on any atom is -0.481 e. The Bertz CT molecular complexity index is 516. The Kier molecular flexibility index (Phi) is 4.19. The Hall–Kier alpha value is -1.17. The Labute approximate surface area is 126 Å². The molecule has 0 saturated carbocycles. The van der Waals surface area contributed by atoms with E-state index in [2.05, 4.69) is 39.2 Å². The second kappa shape index (κ2) is 6.08. The Morgan fingerprint density at radius 3 is 2.95 bits per heavy atom. The Morgan fingerprint density at radius 1 is 1.40 bits per heavy atom. The zero-order chi connectivity index (χ0) is 13.9. The topological polar surface area (TPSA) is 40.5 Å². The fourth-order valence-corrected chi connectivity index (χ4v) is 4.44. The molecule has 106 valence electrons. The van der Waals surface area contributed by atoms with Gasteiger partial charge >= 0.3 is 5.97 Å². The molecule has 2 aromatic heterocycles. The number of nitrogens with zero attached hydrogens (tertiary/aromatic N) is 1. The fraction of sp³-hybridized carbons (Fsp3) is 0.400. The smallest absolute Gasteiger partial charge is 0.307 e. The molecule has 3 rings (SSSR count). The third kappa shape index (κ3) is 2.80. The highest BCUT2D eigenvalue weighted by Crippen LogP contribution is 2.35. The Morgan fingerprint density at radius 2 is 2.30 bits per heavy atom. The van der Waals surface area contributed by atoms with Gasteiger partial charge in [-0.25, -0.2) is 0 Å². The van der Waals surface area contributed by atoms with Crippen molar-refractivity contribution in [3.63, 3.8) is 0 Å². The van der Waals surface area contributed by atoms with Crippen molar-refractivity contribution >= 4 is 28.6 Å². The zero-order valence-corrected chi connectivity index (χ0v) is 12.7. The van der Waals surface area contributed by atoms with Crippen molar-refractivity contribution in [2.75, 3.05) is 13.1 Å². The standard InChI is InChI=1S/C15H17NO2S2/c17-15(18)11-3-1-6-16(9-11)14(12-5-8-19-10-12)13-4-2-7-20-13/h2,4-5,7-8,10-11,14H,1,3,6,9H2,(H,17,18). The van der Waals surface area contributed by atoms with Crippen molar-refractivity contribution in [2.24, 2.45) is 5.92 Å². The van der Waals surface area contributed by atoms with Gasteiger partial charge in [0.1, 0.15) is 0 Å². The first kappa shape index (κ1) is 13.8. The second-order valence-corrected chi connectivity index (χ2v) is 6.91. The van der Waals surface area contributed by atoms with Crippen LogP contribution >= 0.6 is 22.7 Å². The monoisotopic (exact) mass is 307 g/mol. The molecule has 2 atom stereocenters. The third-order valence-electron chi connectivity index (χ3n) is 3.84. The summed E-state index contributed by atoms with van der Waals surface area (Å²) in [6.07, 6.45) is 1.76. The summed E-state index contributed by atoms with van der Waals surface area (Å²) in [6.45, 7) is 1.62. The molecule has 20 heavy (non-hydrogen) atoms. The van der Waals surface area contributed by atoms with E-state index < -0.39 is 5.97 Å². The highest BCUT2D eigenvalue weighted by Gasteiger charge is 2.31. The van der Waals surface area contributed by atoms with E-state index in [1.165, 1.54) is 10.4 Å². The van der Waals surface area contributed by atoms with Gasteiger partial charge in [0.05, 0.1) is 12.0 Å². The molecule has 1 aliphatic heterocycles. The number of hydrogen-bond donors (Lipinski definition) is 1. The number of carbonyl (C=O) groups is 1. The molecule has 3 heterocycles. The number of aliphatic carboxylic acids is 1. The lowest BCUT2D eigenvalue weighted by Gasteiger charge is -2.36. The van der Waals surface area contributed by atoms with Gasteiger partial charge in [0.2, 0.25) is 0 Å². The molecule has 0 aliphatic carbocycles. The van der Waals surface area contributed by atoms with Gasteiger partial charge in [-0.15, -0.1) is 11.3 Å². The first-order valence-corrected chi connectivity index (χ1v) is 8.60. The number of rotatable bonds is 4. The van der Waals surface area contributed by atoms with Crippen molar-refractivity contribution < 1.29 is 9.90 Å². The summed E-state index contributed by atoms with van der Waals surface area (Å²) >= 11 is 3.45. The Balaban J connectivity index is 1.88. The number of thiophene rings is 2. The average Bonchev–Trinajstić information content (AvgIpc) is 3.13. The van der Waals surface area contributed by atoms with Gasteiger partial charge in [-0.2, -0.15) is 11.3 Å². The van der Waals surface area contributed by atoms with Crippen LogP contribution in [0, 0.1) is 5.92 Å². The van der Waals surface area contributed by atoms with Crippen molar-refractivity contribution in [3.05, 3.63) is 44.8 Å². The molecule has 3 nitrogen and oxygen atoms in total. The quantitative estimate of drug-likeness (QED) is 0.936. The average molecular weight is 307 g/mol. The van der Waals surface area contributed by atoms with E-state index in [0.717, 1.165) is 19.4 Å². The molecule has 2 unspecified atom stereocenters. The van der Waals surface area contributed by atoms with Crippen LogP contribution < -0.4 is 0 Å². The van der Waals surface area contributed by atoms with Crippen molar-refractivity contribution in [1.82, 2.24) is 4.90 Å². The van der Waals surface area contributed by atoms with E-state index in [9.17, 15) is 9.90 Å². The SMILES string of the molecule is O=C(O)C1CCCN(C(c2ccsc2)c2cccs2)C1. The van der Waals surface area contributed by atoms with E-state index in [4.69, 9.17) is 0 Å². The molecule has 1 aliphatic rings. The number of likely N-dealkylation sites (tertiary alicyclic amines) is 1. The fourth-order valence-electron chi connectivity index (χ4n) is 2.87. The summed E-state index contributed by atoms with van der Waals surface area (Å²) in [6, 6.07) is 6.58. The van der Waals surface area contributed by atoms with Gasteiger partial charge in [-0.1, -0.05) is 6.07 Å². The van der Waals surface area contributed by atoms with Crippen LogP contribution in [0.3, 0.4) is 0 Å². The largest absolute Gasteiger partial charge is 0.481 e. The summed E-state index contributed by atoms with van der Waals surface area (Å²) in [5.74, 6) is -0.894. The molecular weight excluding hydrogens is 290 g/mol. The molecule has 1 fully saturated rings. The predicted molar refractivity (Wildman–Crippen MR) is 82.4 cm³/mol. The number of piperidine rings is 1. The van der Waals surface area contributed by atoms with Crippen LogP contribution in [0.1, 0.15) is 29.3 Å². The highest BCUT2D eigenvalue weighted by atomic mass is 32.1. The van der Waals surface area contributed by atoms with Crippen molar-refractivity contribution in [1.29, 1.82) is 0 Å². The molecule has 0 amide bonds. The van der Waals surface area contributed by atoms with E-state index in [-0.39, 0.29) is 12.0 Å². The van der Waals surface area contributed by atoms with Crippen LogP contribution in [0.4, 0.5) is 0 Å². The van der Waals surface area contributed by atoms with E-state index in [0.29, 0.717) is 6.54 Å². The minimum absolute atomic E-state index is 0.211. The molecule has 1 saturated heterocycles. The van der Waals surface area contributed by atoms with Gasteiger partial charge < -0.3 is 5.11 Å². The summed E-state index contributed by atoms with van der Waals surface area (Å²) in [4.78, 5) is 14.9. The second-order valence-electron chi connectivity index (χ2n) is 5.15. The molecule has 0 aromatic carbocycles. The van der Waals surface area contributed by atoms with Gasteiger partial charge in [0, 0.05) is 11.4 Å². The predicted octanol–water partition coefficient (Wildman–Crippen LogP) is 3.70. The number of hydrogen-bond acceptors (Lipinski definition) is 4. The van der Waals surface area contributed by atoms with Crippen LogP contribution in [-0.4, -0.2) is 29.1 Å². The summed E-state index contributed by atoms with van der Waals surface area (Å²) in [7, 11) is 0. The lowest BCUT2D eigenvalue weighted by atomic mass is 9.95. The van der Waals surface area contributed by atoms with Gasteiger partial charge in [0.15, 0.2) is 0 Å². The molecule has 2 aromatic rings. The lowest BCUT2D eigenvalue weighted by Crippen LogP contribution is -2.40. The van der Waals surface area contributed by atoms with Gasteiger partial charge in [0.25, 0.3) is 0 Å². The summed E-state index contributed by atoms with van der Waals surface area (Å²) in [5.41, 5.74) is 1.28. The van der Waals surface area contributed by atoms with E-state index in [1.807, 2.05) is 0 Å². The molecular formula is C15H17NO2S2. The molecule has 0 bridgehead atoms. The van der Waals surface area contributed by atoms with Crippen LogP contribution in [-0.2, 0) is 4.79 Å². The van der Waals surface area contributed by atoms with Crippen molar-refractivity contribution in [3.8, 4) is 0 Å². The van der Waals surface area contributed by atoms with Crippen LogP contribution in [0.5, 0.6) is 0 Å². The van der Waals surface area contributed by atoms with Crippen LogP contribution in [0.2, 0.25) is 0 Å². The maximum absolute atomic E-state index is 11.3. The molecule has 5 heteroatoms. The summed E-state index contributed by atoms with van der Waals surface area (Å²) < 4.78 is 0. The van der Waals surface area contributed by atoms with Crippen molar-refractivity contribution in [2.45, 2.75) is 18.9 Å². The maximum Gasteiger partial charge on any atom is 0.307 e. The number of carboxylic acids is 1. The maximum atomic E-state index is 11.3. The van der Waals surface area contributed by atoms with Crippen LogP contribution in [0.15, 0.2) is 34.3 Å². The third-order valence-corrected chi connectivity index (χ3v) is 5.46. The molecule has 1 N–H and O–H groups in total. The molecule has 0 spiro atoms. The van der Waals surface area contributed by atoms with Gasteiger partial charge in [-0.05, 0) is 53.2 Å². The number of carboxylic acid groups (broad SMARTS) is 1. The molecule has 0 radical (unpaired) electrons. The lowest BCUT2D eigenvalue weighted by molar-refractivity contribution is -0.143. The van der Waals surface area contributed by atoms with Gasteiger partial charge in [-0.3, -0.25) is 9.69 Å². The van der Waals surface area contributed by atoms with E-state index >= 15 is 0 Å². The zero-order valence-electron chi connectivity index (χ0n) is 11.1. The van der Waals surface area contributed by atoms with E-state index in [1.54, 1.807) is 22.7 Å². The minimum atomic E-state index is -0.662. The van der Waals surface area contributed by atoms with Crippen LogP contribution in [0.25, 0.3) is 0 Å². The first-order valence-electron chi connectivity index (χ1n) is 6.78. The summed E-state index contributed by atoms with van der Waals surface area (Å²) in [5, 5.41) is 15.6. The normalized spacial score (nSPS) is 21.7. The highest BCUT2D eigenvalue weighted by molar-refractivity contribution is 7.10. The first-order chi connectivity index (χ1) is 9.75.